The number of carbonyl (C=O) groups excluding carboxylic acids is 4. The molecule has 0 fully saturated rings. The van der Waals surface area contributed by atoms with Gasteiger partial charge in [0.25, 0.3) is 0 Å². The first-order valence-corrected chi connectivity index (χ1v) is 13.6. The van der Waals surface area contributed by atoms with Crippen LogP contribution in [-0.2, 0) is 35.0 Å². The van der Waals surface area contributed by atoms with E-state index in [1.165, 1.54) is 19.2 Å². The van der Waals surface area contributed by atoms with Crippen LogP contribution < -0.4 is 15.2 Å². The molecule has 1 unspecified atom stereocenters. The molecule has 0 amide bonds. The van der Waals surface area contributed by atoms with E-state index < -0.39 is 29.6 Å². The van der Waals surface area contributed by atoms with E-state index >= 15 is 0 Å². The van der Waals surface area contributed by atoms with Crippen LogP contribution in [0.2, 0.25) is 0 Å². The molecule has 0 saturated carbocycles. The fourth-order valence-electron chi connectivity index (χ4n) is 3.53. The second-order valence-corrected chi connectivity index (χ2v) is 12.7. The molecule has 226 valence electrons. The maximum absolute atomic E-state index is 12.7. The average Bonchev–Trinajstić information content (AvgIpc) is 2.81. The van der Waals surface area contributed by atoms with E-state index in [1.807, 2.05) is 55.4 Å². The number of ether oxygens (including phenoxy) is 5. The Bertz CT molecular complexity index is 1020. The minimum Gasteiger partial charge on any atom is -0.468 e. The van der Waals surface area contributed by atoms with Crippen molar-refractivity contribution in [2.45, 2.75) is 93.0 Å². The number of methoxy groups -OCH3 is 1. The van der Waals surface area contributed by atoms with E-state index in [1.54, 1.807) is 6.07 Å². The molecule has 0 bridgehead atoms. The maximum Gasteiger partial charge on any atom is 0.508 e. The monoisotopic (exact) mass is 565 g/mol. The quantitative estimate of drug-likeness (QED) is 0.245. The van der Waals surface area contributed by atoms with Gasteiger partial charge in [-0.2, -0.15) is 0 Å². The van der Waals surface area contributed by atoms with E-state index in [0.717, 1.165) is 6.42 Å². The van der Waals surface area contributed by atoms with Crippen molar-refractivity contribution in [1.82, 2.24) is 0 Å². The topological polar surface area (TPSA) is 140 Å². The van der Waals surface area contributed by atoms with Gasteiger partial charge in [0, 0.05) is 12.8 Å². The third-order valence-electron chi connectivity index (χ3n) is 5.87. The van der Waals surface area contributed by atoms with Crippen LogP contribution in [0.3, 0.4) is 0 Å². The number of hydrogen-bond acceptors (Lipinski definition) is 10. The summed E-state index contributed by atoms with van der Waals surface area (Å²) < 4.78 is 26.2. The van der Waals surface area contributed by atoms with Crippen LogP contribution in [0.15, 0.2) is 18.2 Å². The molecule has 10 nitrogen and oxygen atoms in total. The summed E-state index contributed by atoms with van der Waals surface area (Å²) in [6.07, 6.45) is 0.189. The lowest BCUT2D eigenvalue weighted by Gasteiger charge is -2.27. The average molecular weight is 566 g/mol. The van der Waals surface area contributed by atoms with Crippen molar-refractivity contribution < 1.29 is 42.9 Å². The number of carbonyl (C=O) groups is 4. The van der Waals surface area contributed by atoms with Crippen molar-refractivity contribution in [3.05, 3.63) is 23.8 Å². The van der Waals surface area contributed by atoms with Gasteiger partial charge in [-0.15, -0.1) is 0 Å². The summed E-state index contributed by atoms with van der Waals surface area (Å²) in [5.74, 6) is -1.39. The van der Waals surface area contributed by atoms with E-state index in [9.17, 15) is 19.2 Å². The van der Waals surface area contributed by atoms with Crippen LogP contribution in [-0.4, -0.2) is 49.9 Å². The molecule has 2 N–H and O–H groups in total. The van der Waals surface area contributed by atoms with Gasteiger partial charge in [-0.1, -0.05) is 67.9 Å². The van der Waals surface area contributed by atoms with Crippen molar-refractivity contribution in [3.63, 3.8) is 0 Å². The van der Waals surface area contributed by atoms with Gasteiger partial charge in [0.1, 0.15) is 5.54 Å². The first-order chi connectivity index (χ1) is 18.4. The zero-order chi connectivity index (χ0) is 30.7. The van der Waals surface area contributed by atoms with Gasteiger partial charge in [0.2, 0.25) is 0 Å². The highest BCUT2D eigenvalue weighted by molar-refractivity contribution is 5.81. The normalized spacial score (nSPS) is 13.9. The Morgan fingerprint density at radius 2 is 1.43 bits per heavy atom. The summed E-state index contributed by atoms with van der Waals surface area (Å²) in [4.78, 5) is 49.7. The maximum atomic E-state index is 12.7. The second kappa shape index (κ2) is 15.0. The van der Waals surface area contributed by atoms with Gasteiger partial charge in [0.15, 0.2) is 11.5 Å². The molecule has 40 heavy (non-hydrogen) atoms. The number of esters is 3. The predicted octanol–water partition coefficient (Wildman–Crippen LogP) is 5.37. The lowest BCUT2D eigenvalue weighted by molar-refractivity contribution is -0.148. The minimum atomic E-state index is -1.57. The number of hydrogen-bond donors (Lipinski definition) is 1. The van der Waals surface area contributed by atoms with Crippen molar-refractivity contribution in [2.24, 2.45) is 22.5 Å². The van der Waals surface area contributed by atoms with Crippen LogP contribution in [0.25, 0.3) is 0 Å². The highest BCUT2D eigenvalue weighted by Gasteiger charge is 2.36. The Labute approximate surface area is 238 Å². The molecule has 0 aliphatic heterocycles. The van der Waals surface area contributed by atoms with Crippen LogP contribution >= 0.6 is 0 Å². The number of nitrogens with two attached hydrogens (primary N) is 1. The molecule has 1 aromatic rings. The van der Waals surface area contributed by atoms with Gasteiger partial charge < -0.3 is 29.4 Å². The van der Waals surface area contributed by atoms with Gasteiger partial charge in [-0.3, -0.25) is 14.4 Å². The van der Waals surface area contributed by atoms with Gasteiger partial charge in [0.05, 0.1) is 33.2 Å². The Morgan fingerprint density at radius 1 is 0.875 bits per heavy atom. The Hall–Kier alpha value is -3.14. The minimum absolute atomic E-state index is 0.0334. The van der Waals surface area contributed by atoms with E-state index in [0.29, 0.717) is 5.56 Å². The summed E-state index contributed by atoms with van der Waals surface area (Å²) >= 11 is 0. The molecule has 0 aliphatic rings. The zero-order valence-electron chi connectivity index (χ0n) is 25.5. The Morgan fingerprint density at radius 3 is 1.93 bits per heavy atom. The third kappa shape index (κ3) is 13.3. The van der Waals surface area contributed by atoms with Crippen LogP contribution in [0.5, 0.6) is 11.5 Å². The predicted molar refractivity (Wildman–Crippen MR) is 150 cm³/mol. The molecule has 0 saturated heterocycles. The molecular weight excluding hydrogens is 518 g/mol. The number of benzene rings is 1. The van der Waals surface area contributed by atoms with Crippen molar-refractivity contribution in [2.75, 3.05) is 20.3 Å². The molecular formula is C30H47NO9. The van der Waals surface area contributed by atoms with Gasteiger partial charge in [-0.05, 0) is 34.4 Å². The van der Waals surface area contributed by atoms with Gasteiger partial charge >= 0.3 is 24.1 Å². The molecule has 0 spiro atoms. The summed E-state index contributed by atoms with van der Waals surface area (Å²) in [5.41, 5.74) is 4.75. The summed E-state index contributed by atoms with van der Waals surface area (Å²) in [7, 11) is 1.21. The van der Waals surface area contributed by atoms with Gasteiger partial charge in [-0.25, -0.2) is 4.79 Å². The highest BCUT2D eigenvalue weighted by Crippen LogP contribution is 2.33. The summed E-state index contributed by atoms with van der Waals surface area (Å²) in [6.45, 7) is 15.4. The van der Waals surface area contributed by atoms with Crippen LogP contribution in [0.4, 0.5) is 4.79 Å². The third-order valence-corrected chi connectivity index (χ3v) is 5.87. The second-order valence-electron chi connectivity index (χ2n) is 12.7. The molecule has 0 radical (unpaired) electrons. The van der Waals surface area contributed by atoms with E-state index in [2.05, 4.69) is 0 Å². The highest BCUT2D eigenvalue weighted by atomic mass is 16.7. The Kier molecular flexibility index (Phi) is 13.1. The lowest BCUT2D eigenvalue weighted by Crippen LogP contribution is -2.51. The SMILES string of the molecule is CC[C@H](C)COC(=O)OCCC(N)(Cc1ccc(OC(=O)CC(C)(C)C)c(OC(=O)CC(C)(C)C)c1)C(=O)OC. The lowest BCUT2D eigenvalue weighted by atomic mass is 9.88. The molecule has 2 atom stereocenters. The van der Waals surface area contributed by atoms with E-state index in [-0.39, 0.29) is 67.1 Å². The first kappa shape index (κ1) is 34.9. The molecule has 0 aliphatic carbocycles. The van der Waals surface area contributed by atoms with Crippen molar-refractivity contribution in [1.29, 1.82) is 0 Å². The molecule has 1 aromatic carbocycles. The van der Waals surface area contributed by atoms with Crippen LogP contribution in [0, 0.1) is 16.7 Å². The van der Waals surface area contributed by atoms with Crippen molar-refractivity contribution >= 4 is 24.1 Å². The molecule has 0 heterocycles. The fraction of sp³-hybridized carbons (Fsp3) is 0.667. The van der Waals surface area contributed by atoms with Crippen molar-refractivity contribution in [3.8, 4) is 11.5 Å². The largest absolute Gasteiger partial charge is 0.508 e. The first-order valence-electron chi connectivity index (χ1n) is 13.6. The van der Waals surface area contributed by atoms with Crippen LogP contribution in [0.1, 0.15) is 86.6 Å². The summed E-state index contributed by atoms with van der Waals surface area (Å²) in [6, 6.07) is 4.62. The fourth-order valence-corrected chi connectivity index (χ4v) is 3.53. The number of rotatable bonds is 13. The molecule has 10 heteroatoms. The molecule has 1 rings (SSSR count). The van der Waals surface area contributed by atoms with E-state index in [4.69, 9.17) is 29.4 Å². The smallest absolute Gasteiger partial charge is 0.468 e. The standard InChI is InChI=1S/C30H47NO9/c1-10-20(2)19-38-27(35)37-14-13-30(31,26(34)36-9)16-21-11-12-22(39-24(32)17-28(3,4)5)23(15-21)40-25(33)18-29(6,7)8/h11-12,15,20H,10,13-14,16-19,31H2,1-9H3/t20-,30?/m0/s1. The Balaban J connectivity index is 3.16. The summed E-state index contributed by atoms with van der Waals surface area (Å²) in [5, 5.41) is 0. The molecule has 0 aromatic heterocycles. The zero-order valence-corrected chi connectivity index (χ0v) is 25.5.